The Balaban J connectivity index is 1.73. The lowest BCUT2D eigenvalue weighted by Crippen LogP contribution is -1.96. The molecule has 0 fully saturated rings. The first kappa shape index (κ1) is 17.5. The molecule has 0 bridgehead atoms. The molecule has 23 heavy (non-hydrogen) atoms. The van der Waals surface area contributed by atoms with E-state index in [1.54, 1.807) is 7.11 Å². The van der Waals surface area contributed by atoms with E-state index in [9.17, 15) is 0 Å². The summed E-state index contributed by atoms with van der Waals surface area (Å²) in [6, 6.07) is 12.7. The average molecular weight is 311 g/mol. The number of aromatic nitrogens is 1. The number of nitrogens with zero attached hydrogens (tertiary/aromatic N) is 1. The molecule has 0 saturated heterocycles. The van der Waals surface area contributed by atoms with Crippen molar-refractivity contribution in [2.75, 3.05) is 7.11 Å². The number of unbranched alkanes of at least 4 members (excludes halogenated alkanes) is 4. The van der Waals surface area contributed by atoms with Crippen molar-refractivity contribution in [3.05, 3.63) is 59.4 Å². The molecule has 0 atom stereocenters. The zero-order chi connectivity index (χ0) is 16.3. The van der Waals surface area contributed by atoms with Gasteiger partial charge in [-0.1, -0.05) is 50.8 Å². The Morgan fingerprint density at radius 1 is 0.783 bits per heavy atom. The molecular formula is C21H29NO. The van der Waals surface area contributed by atoms with Crippen molar-refractivity contribution in [3.8, 4) is 5.75 Å². The van der Waals surface area contributed by atoms with Crippen LogP contribution in [0.4, 0.5) is 0 Å². The Labute approximate surface area is 140 Å². The van der Waals surface area contributed by atoms with Gasteiger partial charge in [0, 0.05) is 11.9 Å². The molecule has 0 unspecified atom stereocenters. The van der Waals surface area contributed by atoms with Crippen molar-refractivity contribution >= 4 is 0 Å². The average Bonchev–Trinajstić information content (AvgIpc) is 2.61. The Kier molecular flexibility index (Phi) is 7.65. The minimum absolute atomic E-state index is 0.912. The van der Waals surface area contributed by atoms with E-state index >= 15 is 0 Å². The van der Waals surface area contributed by atoms with Crippen LogP contribution in [0.5, 0.6) is 5.75 Å². The number of aryl methyl sites for hydroxylation is 3. The van der Waals surface area contributed by atoms with Gasteiger partial charge in [0.2, 0.25) is 0 Å². The lowest BCUT2D eigenvalue weighted by Gasteiger charge is -2.05. The molecular weight excluding hydrogens is 282 g/mol. The third kappa shape index (κ3) is 6.43. The molecule has 1 aromatic carbocycles. The maximum absolute atomic E-state index is 5.19. The van der Waals surface area contributed by atoms with Crippen LogP contribution in [-0.4, -0.2) is 12.1 Å². The molecule has 2 rings (SSSR count). The summed E-state index contributed by atoms with van der Waals surface area (Å²) in [4.78, 5) is 4.62. The van der Waals surface area contributed by atoms with Crippen LogP contribution in [0.1, 0.15) is 55.8 Å². The van der Waals surface area contributed by atoms with Gasteiger partial charge in [0.15, 0.2) is 0 Å². The second-order valence-corrected chi connectivity index (χ2v) is 6.17. The maximum atomic E-state index is 5.19. The summed E-state index contributed by atoms with van der Waals surface area (Å²) in [6.45, 7) is 2.26. The predicted octanol–water partition coefficient (Wildman–Crippen LogP) is 5.39. The number of benzene rings is 1. The summed E-state index contributed by atoms with van der Waals surface area (Å²) in [5, 5.41) is 0. The van der Waals surface area contributed by atoms with E-state index in [-0.39, 0.29) is 0 Å². The third-order valence-corrected chi connectivity index (χ3v) is 4.28. The summed E-state index contributed by atoms with van der Waals surface area (Å²) in [7, 11) is 1.70. The van der Waals surface area contributed by atoms with Crippen LogP contribution >= 0.6 is 0 Å². The van der Waals surface area contributed by atoms with Crippen molar-refractivity contribution in [2.45, 2.75) is 58.3 Å². The SMILES string of the molecule is CCCCCCCc1ccc(CCc2ccc(OC)cc2)nc1. The Hall–Kier alpha value is -1.83. The van der Waals surface area contributed by atoms with Crippen LogP contribution in [0.3, 0.4) is 0 Å². The first-order chi connectivity index (χ1) is 11.3. The minimum Gasteiger partial charge on any atom is -0.497 e. The normalized spacial score (nSPS) is 10.7. The van der Waals surface area contributed by atoms with Crippen molar-refractivity contribution in [2.24, 2.45) is 0 Å². The van der Waals surface area contributed by atoms with Crippen molar-refractivity contribution in [1.29, 1.82) is 0 Å². The third-order valence-electron chi connectivity index (χ3n) is 4.28. The number of hydrogen-bond acceptors (Lipinski definition) is 2. The van der Waals surface area contributed by atoms with E-state index in [0.29, 0.717) is 0 Å². The summed E-state index contributed by atoms with van der Waals surface area (Å²) in [6.07, 6.45) is 11.9. The summed E-state index contributed by atoms with van der Waals surface area (Å²) >= 11 is 0. The highest BCUT2D eigenvalue weighted by Crippen LogP contribution is 2.14. The second kappa shape index (κ2) is 10.0. The van der Waals surface area contributed by atoms with Gasteiger partial charge in [-0.15, -0.1) is 0 Å². The zero-order valence-electron chi connectivity index (χ0n) is 14.6. The van der Waals surface area contributed by atoms with Crippen LogP contribution in [0.2, 0.25) is 0 Å². The lowest BCUT2D eigenvalue weighted by atomic mass is 10.0. The van der Waals surface area contributed by atoms with E-state index in [1.807, 2.05) is 12.1 Å². The standard InChI is InChI=1S/C21H29NO/c1-3-4-5-6-7-8-19-10-14-20(22-17-19)13-9-18-11-15-21(23-2)16-12-18/h10-12,14-17H,3-9,13H2,1-2H3. The molecule has 0 aliphatic heterocycles. The van der Waals surface area contributed by atoms with Gasteiger partial charge >= 0.3 is 0 Å². The van der Waals surface area contributed by atoms with Gasteiger partial charge in [0.1, 0.15) is 5.75 Å². The first-order valence-electron chi connectivity index (χ1n) is 8.88. The summed E-state index contributed by atoms with van der Waals surface area (Å²) in [5.74, 6) is 0.912. The Bertz CT molecular complexity index is 545. The maximum Gasteiger partial charge on any atom is 0.118 e. The van der Waals surface area contributed by atoms with Crippen molar-refractivity contribution in [1.82, 2.24) is 4.98 Å². The lowest BCUT2D eigenvalue weighted by molar-refractivity contribution is 0.414. The molecule has 0 amide bonds. The van der Waals surface area contributed by atoms with Crippen LogP contribution in [0.15, 0.2) is 42.6 Å². The molecule has 0 spiro atoms. The highest BCUT2D eigenvalue weighted by molar-refractivity contribution is 5.27. The van der Waals surface area contributed by atoms with Crippen LogP contribution < -0.4 is 4.74 Å². The highest BCUT2D eigenvalue weighted by Gasteiger charge is 2.00. The quantitative estimate of drug-likeness (QED) is 0.549. The smallest absolute Gasteiger partial charge is 0.118 e. The van der Waals surface area contributed by atoms with E-state index in [1.165, 1.54) is 48.9 Å². The van der Waals surface area contributed by atoms with E-state index in [2.05, 4.69) is 42.4 Å². The molecule has 0 saturated carbocycles. The summed E-state index contributed by atoms with van der Waals surface area (Å²) in [5.41, 5.74) is 3.87. The predicted molar refractivity (Wildman–Crippen MR) is 97.1 cm³/mol. The Morgan fingerprint density at radius 2 is 1.52 bits per heavy atom. The zero-order valence-corrected chi connectivity index (χ0v) is 14.6. The molecule has 1 aromatic heterocycles. The number of ether oxygens (including phenoxy) is 1. The van der Waals surface area contributed by atoms with Gasteiger partial charge in [0.25, 0.3) is 0 Å². The minimum atomic E-state index is 0.912. The van der Waals surface area contributed by atoms with Crippen LogP contribution in [-0.2, 0) is 19.3 Å². The molecule has 124 valence electrons. The number of pyridine rings is 1. The van der Waals surface area contributed by atoms with Gasteiger partial charge in [-0.25, -0.2) is 0 Å². The first-order valence-corrected chi connectivity index (χ1v) is 8.88. The second-order valence-electron chi connectivity index (χ2n) is 6.17. The number of hydrogen-bond donors (Lipinski definition) is 0. The highest BCUT2D eigenvalue weighted by atomic mass is 16.5. The topological polar surface area (TPSA) is 22.1 Å². The molecule has 2 nitrogen and oxygen atoms in total. The van der Waals surface area contributed by atoms with E-state index < -0.39 is 0 Å². The fourth-order valence-electron chi connectivity index (χ4n) is 2.75. The van der Waals surface area contributed by atoms with Gasteiger partial charge in [0.05, 0.1) is 7.11 Å². The van der Waals surface area contributed by atoms with Gasteiger partial charge in [-0.2, -0.15) is 0 Å². The number of methoxy groups -OCH3 is 1. The van der Waals surface area contributed by atoms with E-state index in [4.69, 9.17) is 4.74 Å². The number of rotatable bonds is 10. The van der Waals surface area contributed by atoms with Gasteiger partial charge in [-0.05, 0) is 55.0 Å². The fraction of sp³-hybridized carbons (Fsp3) is 0.476. The van der Waals surface area contributed by atoms with E-state index in [0.717, 1.165) is 25.0 Å². The molecule has 1 heterocycles. The molecule has 0 aliphatic carbocycles. The Morgan fingerprint density at radius 3 is 2.17 bits per heavy atom. The molecule has 0 aliphatic rings. The van der Waals surface area contributed by atoms with Gasteiger partial charge in [-0.3, -0.25) is 4.98 Å². The molecule has 2 aromatic rings. The van der Waals surface area contributed by atoms with Crippen molar-refractivity contribution in [3.63, 3.8) is 0 Å². The van der Waals surface area contributed by atoms with Crippen molar-refractivity contribution < 1.29 is 4.74 Å². The summed E-state index contributed by atoms with van der Waals surface area (Å²) < 4.78 is 5.19. The molecule has 0 radical (unpaired) electrons. The van der Waals surface area contributed by atoms with Crippen LogP contribution in [0.25, 0.3) is 0 Å². The largest absolute Gasteiger partial charge is 0.497 e. The fourth-order valence-corrected chi connectivity index (χ4v) is 2.75. The van der Waals surface area contributed by atoms with Gasteiger partial charge < -0.3 is 4.74 Å². The molecule has 2 heteroatoms. The monoisotopic (exact) mass is 311 g/mol. The van der Waals surface area contributed by atoms with Crippen LogP contribution in [0, 0.1) is 0 Å². The molecule has 0 N–H and O–H groups in total.